The van der Waals surface area contributed by atoms with Crippen molar-refractivity contribution in [2.45, 2.75) is 65.4 Å². The van der Waals surface area contributed by atoms with Crippen LogP contribution in [-0.2, 0) is 16.0 Å². The van der Waals surface area contributed by atoms with Crippen LogP contribution >= 0.6 is 0 Å². The van der Waals surface area contributed by atoms with Crippen molar-refractivity contribution < 1.29 is 14.6 Å². The first-order chi connectivity index (χ1) is 11.8. The lowest BCUT2D eigenvalue weighted by Crippen LogP contribution is -2.50. The number of fused-ring (bicyclic) bond motifs is 5. The van der Waals surface area contributed by atoms with Gasteiger partial charge in [-0.3, -0.25) is 4.79 Å². The molecular formula is C22H30O3. The summed E-state index contributed by atoms with van der Waals surface area (Å²) in [5, 5.41) is 9.90. The molecule has 2 saturated carbocycles. The molecule has 136 valence electrons. The fraction of sp³-hybridized carbons (Fsp3) is 0.682. The highest BCUT2D eigenvalue weighted by atomic mass is 16.5. The summed E-state index contributed by atoms with van der Waals surface area (Å²) in [7, 11) is 0. The second kappa shape index (κ2) is 5.75. The molecule has 3 nitrogen and oxygen atoms in total. The highest BCUT2D eigenvalue weighted by Crippen LogP contribution is 2.64. The van der Waals surface area contributed by atoms with Crippen LogP contribution in [0.4, 0.5) is 0 Å². The minimum Gasteiger partial charge on any atom is -0.508 e. The third-order valence-electron chi connectivity index (χ3n) is 7.57. The Balaban J connectivity index is 1.73. The van der Waals surface area contributed by atoms with E-state index < -0.39 is 0 Å². The van der Waals surface area contributed by atoms with Crippen LogP contribution in [0.2, 0.25) is 0 Å². The van der Waals surface area contributed by atoms with E-state index in [0.29, 0.717) is 35.3 Å². The van der Waals surface area contributed by atoms with Crippen molar-refractivity contribution in [3.05, 3.63) is 29.3 Å². The monoisotopic (exact) mass is 342 g/mol. The molecular weight excluding hydrogens is 312 g/mol. The summed E-state index contributed by atoms with van der Waals surface area (Å²) in [6, 6.07) is 5.98. The van der Waals surface area contributed by atoms with Gasteiger partial charge in [-0.25, -0.2) is 0 Å². The topological polar surface area (TPSA) is 46.5 Å². The first kappa shape index (κ1) is 16.9. The molecule has 3 aliphatic rings. The minimum absolute atomic E-state index is 0.0758. The van der Waals surface area contributed by atoms with Crippen LogP contribution in [0.15, 0.2) is 18.2 Å². The largest absolute Gasteiger partial charge is 0.508 e. The van der Waals surface area contributed by atoms with Crippen molar-refractivity contribution in [3.63, 3.8) is 0 Å². The standard InChI is InChI=1S/C22H30O3/c1-12-9-15-10-16(24)5-6-17(15)20-13(2)11-22(4)18(21(12)20)7-8-19(22)25-14(3)23/h5-6,10,12-13,18-21,24H,7-9,11H2,1-4H3. The first-order valence-corrected chi connectivity index (χ1v) is 9.80. The van der Waals surface area contributed by atoms with Crippen molar-refractivity contribution in [1.82, 2.24) is 0 Å². The summed E-state index contributed by atoms with van der Waals surface area (Å²) in [6.45, 7) is 8.65. The molecule has 7 unspecified atom stereocenters. The Bertz CT molecular complexity index is 697. The Labute approximate surface area is 150 Å². The third kappa shape index (κ3) is 2.50. The fourth-order valence-corrected chi connectivity index (χ4v) is 6.83. The number of benzene rings is 1. The van der Waals surface area contributed by atoms with E-state index in [1.165, 1.54) is 24.5 Å². The van der Waals surface area contributed by atoms with Crippen LogP contribution in [0.25, 0.3) is 0 Å². The van der Waals surface area contributed by atoms with Gasteiger partial charge in [-0.15, -0.1) is 0 Å². The average molecular weight is 342 g/mol. The Hall–Kier alpha value is -1.51. The minimum atomic E-state index is -0.140. The quantitative estimate of drug-likeness (QED) is 0.754. The average Bonchev–Trinajstić information content (AvgIpc) is 2.82. The van der Waals surface area contributed by atoms with Gasteiger partial charge < -0.3 is 9.84 Å². The lowest BCUT2D eigenvalue weighted by molar-refractivity contribution is -0.156. The molecule has 25 heavy (non-hydrogen) atoms. The summed E-state index contributed by atoms with van der Waals surface area (Å²) in [4.78, 5) is 11.6. The molecule has 0 radical (unpaired) electrons. The molecule has 3 aliphatic carbocycles. The van der Waals surface area contributed by atoms with Gasteiger partial charge in [-0.05, 0) is 78.5 Å². The molecule has 0 aromatic heterocycles. The van der Waals surface area contributed by atoms with E-state index in [1.54, 1.807) is 0 Å². The van der Waals surface area contributed by atoms with Crippen molar-refractivity contribution in [3.8, 4) is 5.75 Å². The van der Waals surface area contributed by atoms with Crippen LogP contribution in [0.1, 0.15) is 64.0 Å². The van der Waals surface area contributed by atoms with Crippen molar-refractivity contribution in [2.75, 3.05) is 0 Å². The Morgan fingerprint density at radius 1 is 1.24 bits per heavy atom. The molecule has 4 rings (SSSR count). The van der Waals surface area contributed by atoms with E-state index >= 15 is 0 Å². The van der Waals surface area contributed by atoms with Crippen molar-refractivity contribution in [1.29, 1.82) is 0 Å². The maximum Gasteiger partial charge on any atom is 0.302 e. The maximum atomic E-state index is 11.6. The Kier molecular flexibility index (Phi) is 3.90. The molecule has 0 bridgehead atoms. The van der Waals surface area contributed by atoms with E-state index in [0.717, 1.165) is 19.3 Å². The molecule has 1 aromatic rings. The maximum absolute atomic E-state index is 11.6. The lowest BCUT2D eigenvalue weighted by Gasteiger charge is -2.55. The number of ether oxygens (including phenoxy) is 1. The van der Waals surface area contributed by atoms with E-state index in [9.17, 15) is 9.90 Å². The van der Waals surface area contributed by atoms with Crippen LogP contribution < -0.4 is 0 Å². The number of phenols is 1. The number of rotatable bonds is 1. The predicted molar refractivity (Wildman–Crippen MR) is 97.4 cm³/mol. The number of carbonyl (C=O) groups excluding carboxylic acids is 1. The second-order valence-electron chi connectivity index (χ2n) is 9.14. The van der Waals surface area contributed by atoms with Gasteiger partial charge in [0, 0.05) is 12.3 Å². The van der Waals surface area contributed by atoms with E-state index in [4.69, 9.17) is 4.74 Å². The first-order valence-electron chi connectivity index (χ1n) is 9.80. The number of esters is 1. The molecule has 7 atom stereocenters. The molecule has 2 fully saturated rings. The number of aromatic hydroxyl groups is 1. The molecule has 0 amide bonds. The number of carbonyl (C=O) groups is 1. The van der Waals surface area contributed by atoms with Crippen LogP contribution in [-0.4, -0.2) is 17.2 Å². The lowest BCUT2D eigenvalue weighted by atomic mass is 9.50. The van der Waals surface area contributed by atoms with Gasteiger partial charge in [-0.2, -0.15) is 0 Å². The molecule has 3 heteroatoms. The van der Waals surface area contributed by atoms with Crippen molar-refractivity contribution in [2.24, 2.45) is 29.1 Å². The van der Waals surface area contributed by atoms with E-state index in [-0.39, 0.29) is 17.5 Å². The molecule has 0 spiro atoms. The molecule has 0 aliphatic heterocycles. The van der Waals surface area contributed by atoms with Crippen LogP contribution in [0.3, 0.4) is 0 Å². The number of hydrogen-bond donors (Lipinski definition) is 1. The van der Waals surface area contributed by atoms with Gasteiger partial charge >= 0.3 is 5.97 Å². The van der Waals surface area contributed by atoms with Crippen LogP contribution in [0, 0.1) is 29.1 Å². The number of hydrogen-bond acceptors (Lipinski definition) is 3. The van der Waals surface area contributed by atoms with Gasteiger partial charge in [0.1, 0.15) is 11.9 Å². The highest BCUT2D eigenvalue weighted by Gasteiger charge is 2.59. The summed E-state index contributed by atoms with van der Waals surface area (Å²) >= 11 is 0. The zero-order valence-corrected chi connectivity index (χ0v) is 15.8. The summed E-state index contributed by atoms with van der Waals surface area (Å²) < 4.78 is 5.76. The van der Waals surface area contributed by atoms with Gasteiger partial charge in [0.05, 0.1) is 0 Å². The zero-order valence-electron chi connectivity index (χ0n) is 15.8. The molecule has 0 saturated heterocycles. The Morgan fingerprint density at radius 2 is 2.00 bits per heavy atom. The third-order valence-corrected chi connectivity index (χ3v) is 7.57. The molecule has 0 heterocycles. The zero-order chi connectivity index (χ0) is 17.9. The van der Waals surface area contributed by atoms with E-state index in [1.807, 2.05) is 12.1 Å². The van der Waals surface area contributed by atoms with E-state index in [2.05, 4.69) is 26.8 Å². The normalized spacial score (nSPS) is 42.2. The second-order valence-corrected chi connectivity index (χ2v) is 9.14. The predicted octanol–water partition coefficient (Wildman–Crippen LogP) is 4.67. The summed E-state index contributed by atoms with van der Waals surface area (Å²) in [6.07, 6.45) is 4.41. The summed E-state index contributed by atoms with van der Waals surface area (Å²) in [5.41, 5.74) is 2.89. The van der Waals surface area contributed by atoms with Gasteiger partial charge in [0.2, 0.25) is 0 Å². The number of phenolic OH excluding ortho intramolecular Hbond substituents is 1. The Morgan fingerprint density at radius 3 is 2.72 bits per heavy atom. The summed E-state index contributed by atoms with van der Waals surface area (Å²) in [5.74, 6) is 3.23. The van der Waals surface area contributed by atoms with Gasteiger partial charge in [0.15, 0.2) is 0 Å². The van der Waals surface area contributed by atoms with Crippen LogP contribution in [0.5, 0.6) is 5.75 Å². The SMILES string of the molecule is CC(=O)OC1CCC2C3C(C)Cc4cc(O)ccc4C3C(C)CC12C. The van der Waals surface area contributed by atoms with Gasteiger partial charge in [-0.1, -0.05) is 26.8 Å². The highest BCUT2D eigenvalue weighted by molar-refractivity contribution is 5.66. The van der Waals surface area contributed by atoms with Gasteiger partial charge in [0.25, 0.3) is 0 Å². The smallest absolute Gasteiger partial charge is 0.302 e. The molecule has 1 aromatic carbocycles. The molecule has 1 N–H and O–H groups in total. The van der Waals surface area contributed by atoms with Crippen molar-refractivity contribution >= 4 is 5.97 Å². The fourth-order valence-electron chi connectivity index (χ4n) is 6.83.